The summed E-state index contributed by atoms with van der Waals surface area (Å²) in [4.78, 5) is 2.61. The lowest BCUT2D eigenvalue weighted by Gasteiger charge is -2.36. The third-order valence-electron chi connectivity index (χ3n) is 16.0. The molecule has 0 aromatic heterocycles. The van der Waals surface area contributed by atoms with E-state index in [1.807, 2.05) is 0 Å². The quantitative estimate of drug-likeness (QED) is 0.161. The van der Waals surface area contributed by atoms with Crippen molar-refractivity contribution in [2.45, 2.75) is 63.2 Å². The summed E-state index contributed by atoms with van der Waals surface area (Å²) in [6.07, 6.45) is 19.7. The lowest BCUT2D eigenvalue weighted by molar-refractivity contribution is 0.654. The summed E-state index contributed by atoms with van der Waals surface area (Å²) in [6, 6.07) is 65.0. The van der Waals surface area contributed by atoms with Gasteiger partial charge in [-0.15, -0.1) is 0 Å². The fourth-order valence-electron chi connectivity index (χ4n) is 12.7. The summed E-state index contributed by atoms with van der Waals surface area (Å²) in [5, 5.41) is 2.48. The second-order valence-corrected chi connectivity index (χ2v) is 20.2. The van der Waals surface area contributed by atoms with Crippen molar-refractivity contribution in [1.82, 2.24) is 0 Å². The van der Waals surface area contributed by atoms with Gasteiger partial charge in [-0.2, -0.15) is 0 Å². The van der Waals surface area contributed by atoms with E-state index >= 15 is 0 Å². The molecule has 0 aliphatic heterocycles. The summed E-state index contributed by atoms with van der Waals surface area (Å²) in [5.74, 6) is 0. The lowest BCUT2D eigenvalue weighted by Crippen LogP contribution is -2.29. The number of nitrogens with zero attached hydrogens (tertiary/aromatic N) is 1. The first-order valence-corrected chi connectivity index (χ1v) is 24.2. The van der Waals surface area contributed by atoms with Crippen LogP contribution in [0.25, 0.3) is 49.7 Å². The van der Waals surface area contributed by atoms with E-state index in [9.17, 15) is 0 Å². The molecule has 8 aromatic rings. The third-order valence-corrected chi connectivity index (χ3v) is 16.0. The number of hydrogen-bond donors (Lipinski definition) is 0. The fourth-order valence-corrected chi connectivity index (χ4v) is 12.7. The van der Waals surface area contributed by atoms with Gasteiger partial charge in [0.1, 0.15) is 0 Å². The van der Waals surface area contributed by atoms with Gasteiger partial charge < -0.3 is 4.90 Å². The van der Waals surface area contributed by atoms with Gasteiger partial charge in [-0.25, -0.2) is 0 Å². The molecule has 13 rings (SSSR count). The van der Waals surface area contributed by atoms with Crippen LogP contribution in [0.1, 0.15) is 85.9 Å². The fraction of sp³-hybridized carbons (Fsp3) is 0.152. The first-order valence-electron chi connectivity index (χ1n) is 24.2. The SMILES string of the molecule is CC1(C)C2=CCCC=C2c2ccc(N(c3ccc4c(c3)C(C)(C)c3ccccc3-4)c3cc4c(cc3-c3ccc5ccccc5c3)-c3ccccc3C4(C3=CC=CCC=C3)c3ccccc3)cc21. The highest BCUT2D eigenvalue weighted by Gasteiger charge is 2.48. The molecule has 0 amide bonds. The van der Waals surface area contributed by atoms with Gasteiger partial charge in [0.05, 0.1) is 11.1 Å². The van der Waals surface area contributed by atoms with Crippen molar-refractivity contribution in [2.75, 3.05) is 4.90 Å². The molecule has 8 aromatic carbocycles. The van der Waals surface area contributed by atoms with Crippen molar-refractivity contribution in [3.8, 4) is 33.4 Å². The van der Waals surface area contributed by atoms with Crippen molar-refractivity contribution >= 4 is 33.4 Å². The van der Waals surface area contributed by atoms with Crippen LogP contribution in [0.5, 0.6) is 0 Å². The van der Waals surface area contributed by atoms with Crippen LogP contribution in [0, 0.1) is 0 Å². The van der Waals surface area contributed by atoms with Crippen LogP contribution in [-0.2, 0) is 16.2 Å². The number of benzene rings is 8. The molecule has 0 N–H and O–H groups in total. The molecule has 0 heterocycles. The van der Waals surface area contributed by atoms with Crippen LogP contribution >= 0.6 is 0 Å². The van der Waals surface area contributed by atoms with Crippen LogP contribution in [0.15, 0.2) is 224 Å². The Hall–Kier alpha value is -7.48. The summed E-state index contributed by atoms with van der Waals surface area (Å²) >= 11 is 0. The van der Waals surface area contributed by atoms with Crippen molar-refractivity contribution in [2.24, 2.45) is 0 Å². The Morgan fingerprint density at radius 2 is 1.10 bits per heavy atom. The molecule has 0 fully saturated rings. The molecule has 0 saturated carbocycles. The Labute approximate surface area is 395 Å². The predicted molar refractivity (Wildman–Crippen MR) is 283 cm³/mol. The van der Waals surface area contributed by atoms with Gasteiger partial charge in [0.2, 0.25) is 0 Å². The van der Waals surface area contributed by atoms with Gasteiger partial charge in [-0.05, 0) is 156 Å². The van der Waals surface area contributed by atoms with Crippen LogP contribution in [0.3, 0.4) is 0 Å². The average Bonchev–Trinajstić information content (AvgIpc) is 3.72. The standard InChI is InChI=1S/C66H53N/c1-64(2)57-29-17-14-26-50(57)53-36-34-48(39-60(53)64)67(49-35-37-54-51-27-15-18-30-58(51)65(3,4)61(54)40-49)63-42-62-56(41-55(63)45-33-32-43-20-12-13-21-44(43)38-45)52-28-16-19-31-59(52)66(62,47-24-10-7-11-25-47)46-22-8-5-6-9-23-46/h5,7-14,16-17,19-42H,6,15,18H2,1-4H3. The Bertz CT molecular complexity index is 3550. The topological polar surface area (TPSA) is 3.24 Å². The molecule has 322 valence electrons. The third kappa shape index (κ3) is 5.74. The van der Waals surface area contributed by atoms with E-state index in [2.05, 4.69) is 245 Å². The maximum absolute atomic E-state index is 2.61. The van der Waals surface area contributed by atoms with Crippen molar-refractivity contribution in [3.05, 3.63) is 262 Å². The smallest absolute Gasteiger partial charge is 0.0714 e. The van der Waals surface area contributed by atoms with Crippen LogP contribution in [0.2, 0.25) is 0 Å². The normalized spacial score (nSPS) is 18.7. The molecule has 0 radical (unpaired) electrons. The van der Waals surface area contributed by atoms with Crippen molar-refractivity contribution in [3.63, 3.8) is 0 Å². The van der Waals surface area contributed by atoms with E-state index in [1.165, 1.54) is 106 Å². The van der Waals surface area contributed by atoms with Crippen LogP contribution < -0.4 is 4.90 Å². The van der Waals surface area contributed by atoms with Gasteiger partial charge in [-0.1, -0.05) is 198 Å². The first-order chi connectivity index (χ1) is 32.7. The minimum Gasteiger partial charge on any atom is -0.310 e. The molecular weight excluding hydrogens is 807 g/mol. The summed E-state index contributed by atoms with van der Waals surface area (Å²) in [5.41, 5.74) is 23.8. The van der Waals surface area contributed by atoms with E-state index in [4.69, 9.17) is 0 Å². The van der Waals surface area contributed by atoms with Crippen LogP contribution in [-0.4, -0.2) is 0 Å². The minimum absolute atomic E-state index is 0.125. The molecule has 1 heteroatoms. The Kier molecular flexibility index (Phi) is 8.78. The average molecular weight is 860 g/mol. The van der Waals surface area contributed by atoms with Crippen molar-refractivity contribution < 1.29 is 0 Å². The first kappa shape index (κ1) is 39.8. The molecular formula is C66H53N. The number of fused-ring (bicyclic) bond motifs is 10. The van der Waals surface area contributed by atoms with Crippen LogP contribution in [0.4, 0.5) is 17.1 Å². The minimum atomic E-state index is -0.573. The van der Waals surface area contributed by atoms with Gasteiger partial charge in [0.25, 0.3) is 0 Å². The van der Waals surface area contributed by atoms with E-state index in [0.29, 0.717) is 0 Å². The summed E-state index contributed by atoms with van der Waals surface area (Å²) in [6.45, 7) is 9.65. The Morgan fingerprint density at radius 1 is 0.448 bits per heavy atom. The summed E-state index contributed by atoms with van der Waals surface area (Å²) in [7, 11) is 0. The lowest BCUT2D eigenvalue weighted by atomic mass is 9.66. The number of allylic oxidation sites excluding steroid dienone is 10. The highest BCUT2D eigenvalue weighted by molar-refractivity contribution is 6.00. The monoisotopic (exact) mass is 859 g/mol. The van der Waals surface area contributed by atoms with Gasteiger partial charge in [-0.3, -0.25) is 0 Å². The second-order valence-electron chi connectivity index (χ2n) is 20.2. The molecule has 0 saturated heterocycles. The molecule has 5 aliphatic rings. The zero-order chi connectivity index (χ0) is 45.1. The van der Waals surface area contributed by atoms with E-state index in [1.54, 1.807) is 0 Å². The van der Waals surface area contributed by atoms with E-state index < -0.39 is 5.41 Å². The van der Waals surface area contributed by atoms with Gasteiger partial charge in [0.15, 0.2) is 0 Å². The summed E-state index contributed by atoms with van der Waals surface area (Å²) < 4.78 is 0. The second kappa shape index (κ2) is 14.8. The number of hydrogen-bond acceptors (Lipinski definition) is 1. The molecule has 5 aliphatic carbocycles. The van der Waals surface area contributed by atoms with E-state index in [-0.39, 0.29) is 10.8 Å². The van der Waals surface area contributed by atoms with E-state index in [0.717, 1.165) is 30.6 Å². The Balaban J connectivity index is 1.15. The number of rotatable bonds is 6. The zero-order valence-corrected chi connectivity index (χ0v) is 38.8. The molecule has 1 unspecified atom stereocenters. The maximum Gasteiger partial charge on any atom is 0.0714 e. The van der Waals surface area contributed by atoms with Gasteiger partial charge in [0, 0.05) is 27.8 Å². The largest absolute Gasteiger partial charge is 0.310 e. The molecule has 1 nitrogen and oxygen atoms in total. The molecule has 67 heavy (non-hydrogen) atoms. The van der Waals surface area contributed by atoms with Crippen molar-refractivity contribution in [1.29, 1.82) is 0 Å². The molecule has 1 atom stereocenters. The Morgan fingerprint density at radius 3 is 1.91 bits per heavy atom. The predicted octanol–water partition coefficient (Wildman–Crippen LogP) is 17.4. The number of anilines is 3. The highest BCUT2D eigenvalue weighted by Crippen LogP contribution is 2.61. The molecule has 0 spiro atoms. The zero-order valence-electron chi connectivity index (χ0n) is 38.8. The molecule has 0 bridgehead atoms. The van der Waals surface area contributed by atoms with Gasteiger partial charge >= 0.3 is 0 Å². The maximum atomic E-state index is 2.61. The highest BCUT2D eigenvalue weighted by atomic mass is 15.1.